The summed E-state index contributed by atoms with van der Waals surface area (Å²) in [6, 6.07) is 0.423. The molecule has 0 aromatic carbocycles. The molecule has 1 amide bonds. The van der Waals surface area contributed by atoms with E-state index in [4.69, 9.17) is 4.74 Å². The van der Waals surface area contributed by atoms with Crippen LogP contribution in [0.1, 0.15) is 26.6 Å². The van der Waals surface area contributed by atoms with E-state index in [-0.39, 0.29) is 12.0 Å². The number of morpholine rings is 1. The van der Waals surface area contributed by atoms with Crippen molar-refractivity contribution in [2.24, 2.45) is 0 Å². The molecule has 2 aliphatic heterocycles. The number of nitrogens with zero attached hydrogens (tertiary/aromatic N) is 5. The maximum absolute atomic E-state index is 12.5. The Morgan fingerprint density at radius 1 is 1.28 bits per heavy atom. The van der Waals surface area contributed by atoms with Crippen molar-refractivity contribution in [1.29, 1.82) is 0 Å². The zero-order valence-electron chi connectivity index (χ0n) is 15.7. The Labute approximate surface area is 150 Å². The van der Waals surface area contributed by atoms with Gasteiger partial charge in [0.05, 0.1) is 25.8 Å². The molecule has 2 fully saturated rings. The molecular formula is C18H31N5O2. The molecule has 3 heterocycles. The smallest absolute Gasteiger partial charge is 0.236 e. The van der Waals surface area contributed by atoms with Gasteiger partial charge in [0.25, 0.3) is 0 Å². The quantitative estimate of drug-likeness (QED) is 0.782. The van der Waals surface area contributed by atoms with Crippen molar-refractivity contribution in [3.8, 4) is 0 Å². The largest absolute Gasteiger partial charge is 0.375 e. The van der Waals surface area contributed by atoms with E-state index in [0.29, 0.717) is 25.7 Å². The van der Waals surface area contributed by atoms with Gasteiger partial charge >= 0.3 is 0 Å². The average Bonchev–Trinajstić information content (AvgIpc) is 3.04. The molecule has 140 valence electrons. The van der Waals surface area contributed by atoms with E-state index in [9.17, 15) is 4.79 Å². The van der Waals surface area contributed by atoms with E-state index in [2.05, 4.69) is 33.2 Å². The summed E-state index contributed by atoms with van der Waals surface area (Å²) in [7, 11) is 0. The summed E-state index contributed by atoms with van der Waals surface area (Å²) in [5.74, 6) is 1.36. The maximum Gasteiger partial charge on any atom is 0.236 e. The SMILES string of the molecule is CCn1ccnc1CN1CCN(CC(=O)N2CCO[C@@H](C)C2)C[C@@H]1C. The number of carbonyl (C=O) groups is 1. The van der Waals surface area contributed by atoms with E-state index < -0.39 is 0 Å². The molecule has 2 aliphatic rings. The Hall–Kier alpha value is -1.44. The minimum absolute atomic E-state index is 0.149. The van der Waals surface area contributed by atoms with E-state index in [0.717, 1.165) is 45.1 Å². The van der Waals surface area contributed by atoms with Crippen LogP contribution in [0.3, 0.4) is 0 Å². The second-order valence-electron chi connectivity index (χ2n) is 7.21. The van der Waals surface area contributed by atoms with E-state index in [1.165, 1.54) is 0 Å². The molecular weight excluding hydrogens is 318 g/mol. The molecule has 0 radical (unpaired) electrons. The van der Waals surface area contributed by atoms with Crippen molar-refractivity contribution < 1.29 is 9.53 Å². The molecule has 2 saturated heterocycles. The Morgan fingerprint density at radius 2 is 2.12 bits per heavy atom. The topological polar surface area (TPSA) is 53.8 Å². The second-order valence-corrected chi connectivity index (χ2v) is 7.21. The van der Waals surface area contributed by atoms with Gasteiger partial charge in [-0.15, -0.1) is 0 Å². The fourth-order valence-corrected chi connectivity index (χ4v) is 3.75. The van der Waals surface area contributed by atoms with Crippen molar-refractivity contribution in [3.05, 3.63) is 18.2 Å². The average molecular weight is 349 g/mol. The fourth-order valence-electron chi connectivity index (χ4n) is 3.75. The number of aryl methyl sites for hydroxylation is 1. The van der Waals surface area contributed by atoms with Crippen molar-refractivity contribution in [2.75, 3.05) is 45.9 Å². The van der Waals surface area contributed by atoms with E-state index >= 15 is 0 Å². The maximum atomic E-state index is 12.5. The number of ether oxygens (including phenoxy) is 1. The minimum Gasteiger partial charge on any atom is -0.375 e. The molecule has 7 nitrogen and oxygen atoms in total. The van der Waals surface area contributed by atoms with Crippen LogP contribution in [0.2, 0.25) is 0 Å². The minimum atomic E-state index is 0.149. The number of rotatable bonds is 5. The van der Waals surface area contributed by atoms with Gasteiger partial charge in [0.1, 0.15) is 5.82 Å². The van der Waals surface area contributed by atoms with Gasteiger partial charge < -0.3 is 14.2 Å². The van der Waals surface area contributed by atoms with Crippen molar-refractivity contribution in [2.45, 2.75) is 46.0 Å². The van der Waals surface area contributed by atoms with Gasteiger partial charge in [-0.25, -0.2) is 4.98 Å². The molecule has 0 aliphatic carbocycles. The molecule has 0 bridgehead atoms. The highest BCUT2D eigenvalue weighted by Crippen LogP contribution is 2.14. The first-order valence-electron chi connectivity index (χ1n) is 9.42. The molecule has 0 saturated carbocycles. The van der Waals surface area contributed by atoms with Crippen molar-refractivity contribution in [1.82, 2.24) is 24.3 Å². The van der Waals surface area contributed by atoms with Gasteiger partial charge in [0.2, 0.25) is 5.91 Å². The fraction of sp³-hybridized carbons (Fsp3) is 0.778. The van der Waals surface area contributed by atoms with Crippen LogP contribution in [-0.2, 0) is 22.6 Å². The lowest BCUT2D eigenvalue weighted by Gasteiger charge is -2.40. The first-order valence-corrected chi connectivity index (χ1v) is 9.42. The summed E-state index contributed by atoms with van der Waals surface area (Å²) >= 11 is 0. The second kappa shape index (κ2) is 8.29. The normalized spacial score (nSPS) is 26.1. The number of hydrogen-bond acceptors (Lipinski definition) is 5. The molecule has 0 unspecified atom stereocenters. The lowest BCUT2D eigenvalue weighted by Crippen LogP contribution is -2.55. The number of piperazine rings is 1. The Balaban J connectivity index is 1.49. The molecule has 0 N–H and O–H groups in total. The van der Waals surface area contributed by atoms with Crippen molar-refractivity contribution in [3.63, 3.8) is 0 Å². The lowest BCUT2D eigenvalue weighted by atomic mass is 10.2. The molecule has 7 heteroatoms. The molecule has 2 atom stereocenters. The third-order valence-electron chi connectivity index (χ3n) is 5.29. The van der Waals surface area contributed by atoms with Crippen LogP contribution < -0.4 is 0 Å². The highest BCUT2D eigenvalue weighted by molar-refractivity contribution is 5.78. The first-order chi connectivity index (χ1) is 12.1. The number of carbonyl (C=O) groups excluding carboxylic acids is 1. The summed E-state index contributed by atoms with van der Waals surface area (Å²) < 4.78 is 7.72. The van der Waals surface area contributed by atoms with Crippen LogP contribution in [-0.4, -0.2) is 88.2 Å². The Morgan fingerprint density at radius 3 is 2.84 bits per heavy atom. The lowest BCUT2D eigenvalue weighted by molar-refractivity contribution is -0.140. The van der Waals surface area contributed by atoms with Gasteiger partial charge in [0.15, 0.2) is 0 Å². The van der Waals surface area contributed by atoms with Gasteiger partial charge in [-0.3, -0.25) is 14.6 Å². The van der Waals surface area contributed by atoms with Gasteiger partial charge in [0, 0.05) is 57.7 Å². The number of aromatic nitrogens is 2. The standard InChI is InChI=1S/C18H31N5O2/c1-4-21-6-5-19-17(21)13-22-8-7-20(11-15(22)2)14-18(24)23-9-10-25-16(3)12-23/h5-6,15-16H,4,7-14H2,1-3H3/t15-,16-/m0/s1. The summed E-state index contributed by atoms with van der Waals surface area (Å²) in [6.45, 7) is 13.7. The zero-order valence-corrected chi connectivity index (χ0v) is 15.7. The molecule has 0 spiro atoms. The molecule has 1 aromatic heterocycles. The summed E-state index contributed by atoms with van der Waals surface area (Å²) in [5.41, 5.74) is 0. The first kappa shape index (κ1) is 18.4. The number of amides is 1. The van der Waals surface area contributed by atoms with Gasteiger partial charge in [-0.05, 0) is 20.8 Å². The third-order valence-corrected chi connectivity index (χ3v) is 5.29. The highest BCUT2D eigenvalue weighted by Gasteiger charge is 2.28. The van der Waals surface area contributed by atoms with Crippen molar-refractivity contribution >= 4 is 5.91 Å². The summed E-state index contributed by atoms with van der Waals surface area (Å²) in [6.07, 6.45) is 4.07. The van der Waals surface area contributed by atoms with Crippen LogP contribution in [0.15, 0.2) is 12.4 Å². The van der Waals surface area contributed by atoms with Crippen LogP contribution in [0.25, 0.3) is 0 Å². The number of imidazole rings is 1. The summed E-state index contributed by atoms with van der Waals surface area (Å²) in [4.78, 5) is 23.7. The van der Waals surface area contributed by atoms with Crippen LogP contribution in [0, 0.1) is 0 Å². The predicted molar refractivity (Wildman–Crippen MR) is 96.2 cm³/mol. The monoisotopic (exact) mass is 349 g/mol. The third kappa shape index (κ3) is 4.59. The van der Waals surface area contributed by atoms with E-state index in [1.54, 1.807) is 0 Å². The van der Waals surface area contributed by atoms with Gasteiger partial charge in [-0.1, -0.05) is 0 Å². The summed E-state index contributed by atoms with van der Waals surface area (Å²) in [5, 5.41) is 0. The van der Waals surface area contributed by atoms with Crippen LogP contribution in [0.5, 0.6) is 0 Å². The Kier molecular flexibility index (Phi) is 6.09. The van der Waals surface area contributed by atoms with E-state index in [1.807, 2.05) is 24.2 Å². The van der Waals surface area contributed by atoms with Gasteiger partial charge in [-0.2, -0.15) is 0 Å². The van der Waals surface area contributed by atoms with Crippen LogP contribution >= 0.6 is 0 Å². The molecule has 3 rings (SSSR count). The predicted octanol–water partition coefficient (Wildman–Crippen LogP) is 0.656. The molecule has 25 heavy (non-hydrogen) atoms. The molecule has 1 aromatic rings. The Bertz CT molecular complexity index is 576. The highest BCUT2D eigenvalue weighted by atomic mass is 16.5. The zero-order chi connectivity index (χ0) is 17.8. The number of hydrogen-bond donors (Lipinski definition) is 0. The van der Waals surface area contributed by atoms with Crippen LogP contribution in [0.4, 0.5) is 0 Å².